The van der Waals surface area contributed by atoms with Gasteiger partial charge in [-0.15, -0.1) is 0 Å². The molecule has 0 atom stereocenters. The normalized spacial score (nSPS) is 18.0. The molecule has 0 bridgehead atoms. The fourth-order valence-electron chi connectivity index (χ4n) is 3.75. The van der Waals surface area contributed by atoms with Gasteiger partial charge in [0.25, 0.3) is 5.91 Å². The van der Waals surface area contributed by atoms with Crippen LogP contribution >= 0.6 is 0 Å². The van der Waals surface area contributed by atoms with E-state index in [1.807, 2.05) is 31.2 Å². The molecule has 7 heteroatoms. The highest BCUT2D eigenvalue weighted by Crippen LogP contribution is 2.35. The summed E-state index contributed by atoms with van der Waals surface area (Å²) in [5.74, 6) is 0.547. The van der Waals surface area contributed by atoms with Crippen molar-refractivity contribution in [1.29, 1.82) is 0 Å². The number of aryl methyl sites for hydroxylation is 1. The summed E-state index contributed by atoms with van der Waals surface area (Å²) < 4.78 is 5.58. The molecule has 0 radical (unpaired) electrons. The molecule has 4 amide bonds. The Morgan fingerprint density at radius 1 is 1.30 bits per heavy atom. The summed E-state index contributed by atoms with van der Waals surface area (Å²) in [4.78, 5) is 37.8. The second kappa shape index (κ2) is 8.41. The Balaban J connectivity index is 1.32. The van der Waals surface area contributed by atoms with Crippen LogP contribution in [0.4, 0.5) is 4.79 Å². The number of hydrogen-bond donors (Lipinski definition) is 2. The van der Waals surface area contributed by atoms with Crippen molar-refractivity contribution in [2.24, 2.45) is 0 Å². The second-order valence-corrected chi connectivity index (χ2v) is 7.29. The van der Waals surface area contributed by atoms with Crippen molar-refractivity contribution >= 4 is 17.8 Å². The SMILES string of the molecule is Cc1cccc(OCCNC(=O)CCCN2C(=O)NC3(CCCC3)C2=O)c1. The average Bonchev–Trinajstić information content (AvgIpc) is 3.19. The molecule has 146 valence electrons. The average molecular weight is 373 g/mol. The number of nitrogens with zero attached hydrogens (tertiary/aromatic N) is 1. The second-order valence-electron chi connectivity index (χ2n) is 7.29. The van der Waals surface area contributed by atoms with Crippen molar-refractivity contribution in [3.05, 3.63) is 29.8 Å². The number of nitrogens with one attached hydrogen (secondary N) is 2. The molecule has 0 aromatic heterocycles. The molecule has 0 unspecified atom stereocenters. The molecular formula is C20H27N3O4. The Labute approximate surface area is 159 Å². The third-order valence-corrected chi connectivity index (χ3v) is 5.17. The Morgan fingerprint density at radius 2 is 2.07 bits per heavy atom. The molecule has 1 heterocycles. The summed E-state index contributed by atoms with van der Waals surface area (Å²) in [6.07, 6.45) is 4.10. The van der Waals surface area contributed by atoms with Crippen LogP contribution < -0.4 is 15.4 Å². The van der Waals surface area contributed by atoms with Gasteiger partial charge in [0, 0.05) is 13.0 Å². The zero-order valence-corrected chi connectivity index (χ0v) is 15.8. The summed E-state index contributed by atoms with van der Waals surface area (Å²) in [5.41, 5.74) is 0.448. The lowest BCUT2D eigenvalue weighted by molar-refractivity contribution is -0.131. The van der Waals surface area contributed by atoms with Gasteiger partial charge in [0.15, 0.2) is 0 Å². The standard InChI is InChI=1S/C20H27N3O4/c1-15-6-4-7-16(14-15)27-13-11-21-17(24)8-5-12-23-18(25)20(22-19(23)26)9-2-3-10-20/h4,6-7,14H,2-3,5,8-13H2,1H3,(H,21,24)(H,22,26). The van der Waals surface area contributed by atoms with E-state index in [9.17, 15) is 14.4 Å². The Morgan fingerprint density at radius 3 is 2.81 bits per heavy atom. The van der Waals surface area contributed by atoms with Crippen LogP contribution in [-0.4, -0.2) is 48.0 Å². The van der Waals surface area contributed by atoms with E-state index < -0.39 is 5.54 Å². The number of carbonyl (C=O) groups excluding carboxylic acids is 3. The van der Waals surface area contributed by atoms with E-state index in [1.54, 1.807) is 0 Å². The number of carbonyl (C=O) groups is 3. The van der Waals surface area contributed by atoms with Gasteiger partial charge < -0.3 is 15.4 Å². The highest BCUT2D eigenvalue weighted by Gasteiger charge is 2.51. The van der Waals surface area contributed by atoms with E-state index in [0.29, 0.717) is 19.6 Å². The summed E-state index contributed by atoms with van der Waals surface area (Å²) >= 11 is 0. The molecule has 7 nitrogen and oxygen atoms in total. The van der Waals surface area contributed by atoms with Crippen molar-refractivity contribution in [3.8, 4) is 5.75 Å². The van der Waals surface area contributed by atoms with Gasteiger partial charge in [-0.2, -0.15) is 0 Å². The maximum Gasteiger partial charge on any atom is 0.325 e. The van der Waals surface area contributed by atoms with E-state index >= 15 is 0 Å². The van der Waals surface area contributed by atoms with Gasteiger partial charge in [-0.3, -0.25) is 14.5 Å². The minimum Gasteiger partial charge on any atom is -0.492 e. The number of amides is 4. The summed E-state index contributed by atoms with van der Waals surface area (Å²) in [6, 6.07) is 7.42. The predicted octanol–water partition coefficient (Wildman–Crippen LogP) is 2.13. The van der Waals surface area contributed by atoms with Crippen LogP contribution in [0.5, 0.6) is 5.75 Å². The first-order valence-corrected chi connectivity index (χ1v) is 9.60. The van der Waals surface area contributed by atoms with E-state index in [1.165, 1.54) is 4.90 Å². The lowest BCUT2D eigenvalue weighted by Crippen LogP contribution is -2.44. The fraction of sp³-hybridized carbons (Fsp3) is 0.550. The van der Waals surface area contributed by atoms with Crippen LogP contribution in [0, 0.1) is 6.92 Å². The van der Waals surface area contributed by atoms with E-state index in [0.717, 1.165) is 37.0 Å². The van der Waals surface area contributed by atoms with Crippen molar-refractivity contribution < 1.29 is 19.1 Å². The molecule has 1 saturated carbocycles. The highest BCUT2D eigenvalue weighted by molar-refractivity contribution is 6.07. The van der Waals surface area contributed by atoms with Crippen LogP contribution in [0.15, 0.2) is 24.3 Å². The minimum absolute atomic E-state index is 0.106. The zero-order chi connectivity index (χ0) is 19.3. The first kappa shape index (κ1) is 19.2. The van der Waals surface area contributed by atoms with Gasteiger partial charge in [-0.1, -0.05) is 25.0 Å². The monoisotopic (exact) mass is 373 g/mol. The number of rotatable bonds is 8. The molecular weight excluding hydrogens is 346 g/mol. The maximum absolute atomic E-state index is 12.5. The van der Waals surface area contributed by atoms with Crippen LogP contribution in [-0.2, 0) is 9.59 Å². The zero-order valence-electron chi connectivity index (χ0n) is 15.8. The Hall–Kier alpha value is -2.57. The fourth-order valence-corrected chi connectivity index (χ4v) is 3.75. The molecule has 1 aliphatic heterocycles. The minimum atomic E-state index is -0.674. The van der Waals surface area contributed by atoms with Gasteiger partial charge >= 0.3 is 6.03 Å². The highest BCUT2D eigenvalue weighted by atomic mass is 16.5. The van der Waals surface area contributed by atoms with E-state index in [2.05, 4.69) is 10.6 Å². The molecule has 1 aromatic carbocycles. The van der Waals surface area contributed by atoms with Gasteiger partial charge in [-0.25, -0.2) is 4.79 Å². The first-order valence-electron chi connectivity index (χ1n) is 9.60. The van der Waals surface area contributed by atoms with Crippen molar-refractivity contribution in [3.63, 3.8) is 0 Å². The molecule has 2 aliphatic rings. The largest absolute Gasteiger partial charge is 0.492 e. The maximum atomic E-state index is 12.5. The van der Waals surface area contributed by atoms with Crippen LogP contribution in [0.25, 0.3) is 0 Å². The molecule has 1 aromatic rings. The van der Waals surface area contributed by atoms with Crippen molar-refractivity contribution in [2.75, 3.05) is 19.7 Å². The molecule has 27 heavy (non-hydrogen) atoms. The van der Waals surface area contributed by atoms with Gasteiger partial charge in [0.1, 0.15) is 17.9 Å². The number of ether oxygens (including phenoxy) is 1. The summed E-state index contributed by atoms with van der Waals surface area (Å²) in [5, 5.41) is 5.64. The van der Waals surface area contributed by atoms with E-state index in [-0.39, 0.29) is 30.8 Å². The van der Waals surface area contributed by atoms with Crippen LogP contribution in [0.2, 0.25) is 0 Å². The van der Waals surface area contributed by atoms with Crippen molar-refractivity contribution in [2.45, 2.75) is 51.0 Å². The van der Waals surface area contributed by atoms with Gasteiger partial charge in [0.2, 0.25) is 5.91 Å². The predicted molar refractivity (Wildman–Crippen MR) is 100 cm³/mol. The van der Waals surface area contributed by atoms with E-state index in [4.69, 9.17) is 4.74 Å². The molecule has 1 spiro atoms. The van der Waals surface area contributed by atoms with Crippen molar-refractivity contribution in [1.82, 2.24) is 15.5 Å². The summed E-state index contributed by atoms with van der Waals surface area (Å²) in [7, 11) is 0. The lowest BCUT2D eigenvalue weighted by Gasteiger charge is -2.19. The third kappa shape index (κ3) is 4.59. The van der Waals surface area contributed by atoms with Gasteiger partial charge in [0.05, 0.1) is 6.54 Å². The smallest absolute Gasteiger partial charge is 0.325 e. The summed E-state index contributed by atoms with van der Waals surface area (Å²) in [6.45, 7) is 3.08. The van der Waals surface area contributed by atoms with Crippen LogP contribution in [0.3, 0.4) is 0 Å². The molecule has 1 saturated heterocycles. The molecule has 3 rings (SSSR count). The molecule has 1 aliphatic carbocycles. The molecule has 2 N–H and O–H groups in total. The number of benzene rings is 1. The Bertz CT molecular complexity index is 713. The number of hydrogen-bond acceptors (Lipinski definition) is 4. The number of imide groups is 1. The number of urea groups is 1. The van der Waals surface area contributed by atoms with Gasteiger partial charge in [-0.05, 0) is 43.9 Å². The first-order chi connectivity index (χ1) is 13.0. The Kier molecular flexibility index (Phi) is 5.98. The quantitative estimate of drug-likeness (QED) is 0.540. The molecule has 2 fully saturated rings. The topological polar surface area (TPSA) is 87.7 Å². The lowest BCUT2D eigenvalue weighted by atomic mass is 9.98. The van der Waals surface area contributed by atoms with Crippen LogP contribution in [0.1, 0.15) is 44.1 Å². The third-order valence-electron chi connectivity index (χ3n) is 5.17.